The van der Waals surface area contributed by atoms with Gasteiger partial charge in [0.25, 0.3) is 0 Å². The van der Waals surface area contributed by atoms with E-state index in [1.807, 2.05) is 35.8 Å². The summed E-state index contributed by atoms with van der Waals surface area (Å²) < 4.78 is 7.34. The van der Waals surface area contributed by atoms with Crippen LogP contribution in [0.1, 0.15) is 19.4 Å². The predicted molar refractivity (Wildman–Crippen MR) is 76.4 cm³/mol. The summed E-state index contributed by atoms with van der Waals surface area (Å²) in [7, 11) is 0. The van der Waals surface area contributed by atoms with Crippen LogP contribution in [0.15, 0.2) is 12.4 Å². The number of rotatable bonds is 5. The van der Waals surface area contributed by atoms with Crippen molar-refractivity contribution in [2.45, 2.75) is 39.5 Å². The number of ether oxygens (including phenoxy) is 1. The largest absolute Gasteiger partial charge is 0.375 e. The number of nitrogens with zero attached hydrogens (tertiary/aromatic N) is 3. The Morgan fingerprint density at radius 2 is 2.45 bits per heavy atom. The number of carbonyl (C=O) groups is 1. The Hall–Kier alpha value is -1.40. The molecule has 0 spiro atoms. The van der Waals surface area contributed by atoms with E-state index in [-0.39, 0.29) is 18.1 Å². The number of carbonyl (C=O) groups excluding carboxylic acids is 1. The van der Waals surface area contributed by atoms with Gasteiger partial charge in [0.2, 0.25) is 5.91 Å². The van der Waals surface area contributed by atoms with Crippen LogP contribution in [0.2, 0.25) is 0 Å². The Balaban J connectivity index is 1.72. The third-order valence-corrected chi connectivity index (χ3v) is 3.42. The van der Waals surface area contributed by atoms with Crippen LogP contribution in [-0.2, 0) is 16.1 Å². The molecule has 0 saturated carbocycles. The van der Waals surface area contributed by atoms with Gasteiger partial charge < -0.3 is 15.0 Å². The van der Waals surface area contributed by atoms with E-state index in [0.29, 0.717) is 26.2 Å². The van der Waals surface area contributed by atoms with Crippen LogP contribution in [0.3, 0.4) is 0 Å². The van der Waals surface area contributed by atoms with Crippen molar-refractivity contribution in [2.75, 3.05) is 26.2 Å². The minimum Gasteiger partial charge on any atom is -0.375 e. The van der Waals surface area contributed by atoms with E-state index in [4.69, 9.17) is 4.74 Å². The molecule has 2 rings (SSSR count). The number of aryl methyl sites for hydroxylation is 1. The van der Waals surface area contributed by atoms with Gasteiger partial charge in [0.1, 0.15) is 0 Å². The summed E-state index contributed by atoms with van der Waals surface area (Å²) in [4.78, 5) is 14.0. The molecular weight excluding hydrogens is 256 g/mol. The van der Waals surface area contributed by atoms with Crippen LogP contribution in [0.4, 0.5) is 0 Å². The minimum absolute atomic E-state index is 0.136. The van der Waals surface area contributed by atoms with Crippen molar-refractivity contribution in [2.24, 2.45) is 0 Å². The van der Waals surface area contributed by atoms with Crippen molar-refractivity contribution in [1.29, 1.82) is 0 Å². The molecule has 0 bridgehead atoms. The van der Waals surface area contributed by atoms with E-state index in [0.717, 1.165) is 12.1 Å². The molecule has 1 fully saturated rings. The van der Waals surface area contributed by atoms with Gasteiger partial charge in [-0.3, -0.25) is 9.48 Å². The molecular formula is C14H24N4O2. The van der Waals surface area contributed by atoms with Crippen LogP contribution in [0.25, 0.3) is 0 Å². The molecule has 0 aromatic carbocycles. The van der Waals surface area contributed by atoms with Crippen LogP contribution in [-0.4, -0.2) is 59.0 Å². The van der Waals surface area contributed by atoms with Crippen molar-refractivity contribution in [1.82, 2.24) is 20.0 Å². The summed E-state index contributed by atoms with van der Waals surface area (Å²) in [6, 6.07) is 0.205. The van der Waals surface area contributed by atoms with E-state index in [2.05, 4.69) is 17.3 Å². The lowest BCUT2D eigenvalue weighted by Crippen LogP contribution is -2.48. The van der Waals surface area contributed by atoms with E-state index < -0.39 is 0 Å². The number of amides is 1. The first-order valence-electron chi connectivity index (χ1n) is 7.16. The molecule has 2 atom stereocenters. The highest BCUT2D eigenvalue weighted by atomic mass is 16.5. The van der Waals surface area contributed by atoms with Gasteiger partial charge in [-0.15, -0.1) is 0 Å². The number of aromatic nitrogens is 2. The molecule has 1 aromatic heterocycles. The van der Waals surface area contributed by atoms with Crippen molar-refractivity contribution in [3.63, 3.8) is 0 Å². The molecule has 1 saturated heterocycles. The fraction of sp³-hybridized carbons (Fsp3) is 0.714. The maximum Gasteiger partial charge on any atom is 0.236 e. The highest BCUT2D eigenvalue weighted by Gasteiger charge is 2.21. The Bertz CT molecular complexity index is 446. The Kier molecular flexibility index (Phi) is 5.14. The summed E-state index contributed by atoms with van der Waals surface area (Å²) in [6.45, 7) is 9.22. The molecule has 1 aliphatic heterocycles. The van der Waals surface area contributed by atoms with Gasteiger partial charge in [-0.1, -0.05) is 0 Å². The van der Waals surface area contributed by atoms with Crippen LogP contribution in [0, 0.1) is 6.92 Å². The molecule has 112 valence electrons. The monoisotopic (exact) mass is 280 g/mol. The van der Waals surface area contributed by atoms with Gasteiger partial charge in [0.15, 0.2) is 0 Å². The lowest BCUT2D eigenvalue weighted by Gasteiger charge is -2.31. The van der Waals surface area contributed by atoms with Gasteiger partial charge in [-0.2, -0.15) is 5.10 Å². The van der Waals surface area contributed by atoms with Crippen LogP contribution < -0.4 is 5.32 Å². The lowest BCUT2D eigenvalue weighted by atomic mass is 10.3. The van der Waals surface area contributed by atoms with E-state index in [1.54, 1.807) is 0 Å². The third-order valence-electron chi connectivity index (χ3n) is 3.42. The average Bonchev–Trinajstić information content (AvgIpc) is 2.81. The molecule has 1 N–H and O–H groups in total. The zero-order chi connectivity index (χ0) is 14.5. The highest BCUT2D eigenvalue weighted by Crippen LogP contribution is 2.04. The number of hydrogen-bond acceptors (Lipinski definition) is 4. The fourth-order valence-electron chi connectivity index (χ4n) is 2.33. The van der Waals surface area contributed by atoms with Crippen molar-refractivity contribution in [3.8, 4) is 0 Å². The molecule has 1 amide bonds. The highest BCUT2D eigenvalue weighted by molar-refractivity contribution is 5.78. The zero-order valence-electron chi connectivity index (χ0n) is 12.5. The van der Waals surface area contributed by atoms with E-state index in [1.165, 1.54) is 0 Å². The summed E-state index contributed by atoms with van der Waals surface area (Å²) >= 11 is 0. The standard InChI is InChI=1S/C14H24N4O2/c1-11-6-16-18(8-11)9-12(2)15-7-14(19)17-4-5-20-13(3)10-17/h6,8,12-13,15H,4-5,7,9-10H2,1-3H3. The second kappa shape index (κ2) is 6.85. The first-order valence-corrected chi connectivity index (χ1v) is 7.16. The van der Waals surface area contributed by atoms with Crippen molar-refractivity contribution < 1.29 is 9.53 Å². The predicted octanol–water partition coefficient (Wildman–Crippen LogP) is 0.417. The first kappa shape index (κ1) is 15.0. The number of hydrogen-bond donors (Lipinski definition) is 1. The summed E-state index contributed by atoms with van der Waals surface area (Å²) in [5.74, 6) is 0.142. The minimum atomic E-state index is 0.136. The Labute approximate surface area is 120 Å². The molecule has 0 aliphatic carbocycles. The second-order valence-electron chi connectivity index (χ2n) is 5.54. The first-order chi connectivity index (χ1) is 9.54. The topological polar surface area (TPSA) is 59.4 Å². The second-order valence-corrected chi connectivity index (χ2v) is 5.54. The molecule has 6 heteroatoms. The van der Waals surface area contributed by atoms with Gasteiger partial charge in [0.05, 0.1) is 32.0 Å². The maximum absolute atomic E-state index is 12.1. The van der Waals surface area contributed by atoms with Crippen LogP contribution >= 0.6 is 0 Å². The maximum atomic E-state index is 12.1. The molecule has 1 aromatic rings. The Morgan fingerprint density at radius 1 is 1.65 bits per heavy atom. The Morgan fingerprint density at radius 3 is 3.10 bits per heavy atom. The summed E-state index contributed by atoms with van der Waals surface area (Å²) in [6.07, 6.45) is 3.98. The zero-order valence-corrected chi connectivity index (χ0v) is 12.5. The fourth-order valence-corrected chi connectivity index (χ4v) is 2.33. The molecule has 2 unspecified atom stereocenters. The SMILES string of the molecule is Cc1cnn(CC(C)NCC(=O)N2CCOC(C)C2)c1. The summed E-state index contributed by atoms with van der Waals surface area (Å²) in [5.41, 5.74) is 1.15. The quantitative estimate of drug-likeness (QED) is 0.849. The average molecular weight is 280 g/mol. The van der Waals surface area contributed by atoms with Gasteiger partial charge in [0, 0.05) is 25.3 Å². The molecule has 1 aliphatic rings. The van der Waals surface area contributed by atoms with Gasteiger partial charge in [-0.25, -0.2) is 0 Å². The number of morpholine rings is 1. The lowest BCUT2D eigenvalue weighted by molar-refractivity contribution is -0.137. The number of nitrogens with one attached hydrogen (secondary N) is 1. The van der Waals surface area contributed by atoms with Gasteiger partial charge in [-0.05, 0) is 26.3 Å². The van der Waals surface area contributed by atoms with Crippen molar-refractivity contribution >= 4 is 5.91 Å². The molecule has 2 heterocycles. The molecule has 6 nitrogen and oxygen atoms in total. The van der Waals surface area contributed by atoms with Crippen LogP contribution in [0.5, 0.6) is 0 Å². The smallest absolute Gasteiger partial charge is 0.236 e. The van der Waals surface area contributed by atoms with Crippen molar-refractivity contribution in [3.05, 3.63) is 18.0 Å². The summed E-state index contributed by atoms with van der Waals surface area (Å²) in [5, 5.41) is 7.51. The third kappa shape index (κ3) is 4.31. The molecule has 20 heavy (non-hydrogen) atoms. The van der Waals surface area contributed by atoms with E-state index in [9.17, 15) is 4.79 Å². The van der Waals surface area contributed by atoms with Gasteiger partial charge >= 0.3 is 0 Å². The van der Waals surface area contributed by atoms with E-state index >= 15 is 0 Å². The normalized spacial score (nSPS) is 20.9. The molecule has 0 radical (unpaired) electrons.